The fraction of sp³-hybridized carbons (Fsp3) is 0.632. The van der Waals surface area contributed by atoms with Crippen molar-refractivity contribution in [2.45, 2.75) is 26.2 Å². The number of hydrogen-bond acceptors (Lipinski definition) is 3. The number of anilines is 1. The molecule has 3 rings (SSSR count). The molecule has 1 unspecified atom stereocenters. The van der Waals surface area contributed by atoms with Gasteiger partial charge in [0.15, 0.2) is 5.96 Å². The maximum Gasteiger partial charge on any atom is 0.198 e. The Morgan fingerprint density at radius 1 is 1.42 bits per heavy atom. The molecule has 0 aromatic heterocycles. The zero-order valence-electron chi connectivity index (χ0n) is 14.7. The summed E-state index contributed by atoms with van der Waals surface area (Å²) in [5, 5.41) is 3.42. The molecule has 0 amide bonds. The minimum absolute atomic E-state index is 0.590. The summed E-state index contributed by atoms with van der Waals surface area (Å²) in [4.78, 5) is 7.09. The lowest BCUT2D eigenvalue weighted by Crippen LogP contribution is -2.40. The number of fused-ring (bicyclic) bond motifs is 1. The van der Waals surface area contributed by atoms with Crippen LogP contribution in [0.4, 0.5) is 5.69 Å². The van der Waals surface area contributed by atoms with Crippen LogP contribution in [0.1, 0.15) is 25.3 Å². The van der Waals surface area contributed by atoms with E-state index in [-0.39, 0.29) is 0 Å². The number of hydrogen-bond donors (Lipinski definition) is 1. The third kappa shape index (κ3) is 4.48. The summed E-state index contributed by atoms with van der Waals surface area (Å²) in [6.45, 7) is 8.14. The quantitative estimate of drug-likeness (QED) is 0.474. The first-order chi connectivity index (χ1) is 11.9. The van der Waals surface area contributed by atoms with Gasteiger partial charge in [-0.3, -0.25) is 4.99 Å². The van der Waals surface area contributed by atoms with Gasteiger partial charge in [-0.15, -0.1) is 0 Å². The zero-order valence-corrected chi connectivity index (χ0v) is 14.7. The van der Waals surface area contributed by atoms with Crippen molar-refractivity contribution in [1.82, 2.24) is 5.32 Å². The van der Waals surface area contributed by atoms with Crippen LogP contribution in [-0.2, 0) is 15.9 Å². The maximum absolute atomic E-state index is 5.76. The average molecular weight is 331 g/mol. The van der Waals surface area contributed by atoms with Gasteiger partial charge in [0, 0.05) is 44.5 Å². The predicted octanol–water partition coefficient (Wildman–Crippen LogP) is 2.46. The number of nitrogens with one attached hydrogen (secondary N) is 1. The summed E-state index contributed by atoms with van der Waals surface area (Å²) in [6.07, 6.45) is 3.18. The zero-order chi connectivity index (χ0) is 16.6. The van der Waals surface area contributed by atoms with Gasteiger partial charge in [0.05, 0.1) is 13.2 Å². The number of guanidine groups is 1. The van der Waals surface area contributed by atoms with Gasteiger partial charge in [-0.05, 0) is 37.8 Å². The van der Waals surface area contributed by atoms with Crippen molar-refractivity contribution in [1.29, 1.82) is 0 Å². The Morgan fingerprint density at radius 3 is 3.17 bits per heavy atom. The Hall–Kier alpha value is -1.59. The van der Waals surface area contributed by atoms with E-state index in [0.29, 0.717) is 5.92 Å². The Morgan fingerprint density at radius 2 is 2.33 bits per heavy atom. The van der Waals surface area contributed by atoms with Crippen molar-refractivity contribution in [2.24, 2.45) is 10.9 Å². The molecule has 1 aromatic rings. The van der Waals surface area contributed by atoms with Crippen LogP contribution < -0.4 is 10.2 Å². The number of rotatable bonds is 7. The molecule has 1 atom stereocenters. The SMILES string of the molecule is CCNC(=NCCCOCC1CCOC1)N1CCc2ccccc21. The number of para-hydroxylation sites is 1. The van der Waals surface area contributed by atoms with E-state index in [1.54, 1.807) is 0 Å². The molecule has 2 aliphatic heterocycles. The predicted molar refractivity (Wildman–Crippen MR) is 97.8 cm³/mol. The number of aliphatic imine (C=N–C) groups is 1. The van der Waals surface area contributed by atoms with Crippen LogP contribution in [0.15, 0.2) is 29.3 Å². The average Bonchev–Trinajstić information content (AvgIpc) is 3.26. The topological polar surface area (TPSA) is 46.1 Å². The lowest BCUT2D eigenvalue weighted by molar-refractivity contribution is 0.0893. The molecular weight excluding hydrogens is 302 g/mol. The molecule has 1 aromatic carbocycles. The van der Waals surface area contributed by atoms with Gasteiger partial charge in [-0.1, -0.05) is 18.2 Å². The van der Waals surface area contributed by atoms with Gasteiger partial charge in [0.2, 0.25) is 0 Å². The van der Waals surface area contributed by atoms with E-state index < -0.39 is 0 Å². The lowest BCUT2D eigenvalue weighted by Gasteiger charge is -2.22. The second-order valence-electron chi connectivity index (χ2n) is 6.42. The molecule has 0 saturated carbocycles. The van der Waals surface area contributed by atoms with Gasteiger partial charge in [-0.25, -0.2) is 0 Å². The molecule has 24 heavy (non-hydrogen) atoms. The normalized spacial score (nSPS) is 20.5. The van der Waals surface area contributed by atoms with Crippen LogP contribution in [0, 0.1) is 5.92 Å². The Balaban J connectivity index is 1.46. The van der Waals surface area contributed by atoms with Gasteiger partial charge in [0.1, 0.15) is 0 Å². The minimum Gasteiger partial charge on any atom is -0.381 e. The first kappa shape index (κ1) is 17.2. The highest BCUT2D eigenvalue weighted by atomic mass is 16.5. The van der Waals surface area contributed by atoms with Crippen LogP contribution in [0.2, 0.25) is 0 Å². The van der Waals surface area contributed by atoms with Crippen LogP contribution in [0.3, 0.4) is 0 Å². The third-order valence-corrected chi connectivity index (χ3v) is 4.56. The van der Waals surface area contributed by atoms with Gasteiger partial charge < -0.3 is 19.7 Å². The van der Waals surface area contributed by atoms with E-state index in [0.717, 1.165) is 71.3 Å². The minimum atomic E-state index is 0.590. The fourth-order valence-corrected chi connectivity index (χ4v) is 3.27. The first-order valence-electron chi connectivity index (χ1n) is 9.17. The molecule has 0 radical (unpaired) electrons. The van der Waals surface area contributed by atoms with E-state index in [1.807, 2.05) is 0 Å². The van der Waals surface area contributed by atoms with Gasteiger partial charge in [0.25, 0.3) is 0 Å². The fourth-order valence-electron chi connectivity index (χ4n) is 3.27. The summed E-state index contributed by atoms with van der Waals surface area (Å²) >= 11 is 0. The molecule has 2 heterocycles. The number of nitrogens with zero attached hydrogens (tertiary/aromatic N) is 2. The largest absolute Gasteiger partial charge is 0.381 e. The van der Waals surface area contributed by atoms with Crippen molar-refractivity contribution >= 4 is 11.6 Å². The Labute approximate surface area is 145 Å². The maximum atomic E-state index is 5.76. The second-order valence-corrected chi connectivity index (χ2v) is 6.42. The Bertz CT molecular complexity index is 541. The molecular formula is C19H29N3O2. The van der Waals surface area contributed by atoms with E-state index in [2.05, 4.69) is 41.4 Å². The van der Waals surface area contributed by atoms with E-state index in [9.17, 15) is 0 Å². The lowest BCUT2D eigenvalue weighted by atomic mass is 10.1. The molecule has 1 N–H and O–H groups in total. The van der Waals surface area contributed by atoms with Crippen LogP contribution in [-0.4, -0.2) is 52.0 Å². The Kier molecular flexibility index (Phi) is 6.49. The molecule has 2 aliphatic rings. The molecule has 5 heteroatoms. The molecule has 1 fully saturated rings. The number of ether oxygens (including phenoxy) is 2. The van der Waals surface area contributed by atoms with E-state index in [1.165, 1.54) is 11.3 Å². The summed E-state index contributed by atoms with van der Waals surface area (Å²) in [5.74, 6) is 1.58. The summed E-state index contributed by atoms with van der Waals surface area (Å²) in [7, 11) is 0. The van der Waals surface area contributed by atoms with Gasteiger partial charge >= 0.3 is 0 Å². The highest BCUT2D eigenvalue weighted by Crippen LogP contribution is 2.27. The van der Waals surface area contributed by atoms with Crippen LogP contribution >= 0.6 is 0 Å². The third-order valence-electron chi connectivity index (χ3n) is 4.56. The molecule has 1 saturated heterocycles. The molecule has 132 valence electrons. The van der Waals surface area contributed by atoms with Gasteiger partial charge in [-0.2, -0.15) is 0 Å². The molecule has 0 bridgehead atoms. The summed E-state index contributed by atoms with van der Waals surface area (Å²) in [5.41, 5.74) is 2.69. The van der Waals surface area contributed by atoms with Crippen molar-refractivity contribution in [3.05, 3.63) is 29.8 Å². The van der Waals surface area contributed by atoms with Crippen molar-refractivity contribution < 1.29 is 9.47 Å². The van der Waals surface area contributed by atoms with Crippen LogP contribution in [0.5, 0.6) is 0 Å². The molecule has 0 aliphatic carbocycles. The van der Waals surface area contributed by atoms with Crippen molar-refractivity contribution in [2.75, 3.05) is 51.0 Å². The second kappa shape index (κ2) is 9.04. The first-order valence-corrected chi connectivity index (χ1v) is 9.17. The highest BCUT2D eigenvalue weighted by molar-refractivity contribution is 5.97. The van der Waals surface area contributed by atoms with Crippen LogP contribution in [0.25, 0.3) is 0 Å². The monoisotopic (exact) mass is 331 g/mol. The van der Waals surface area contributed by atoms with Crippen molar-refractivity contribution in [3.63, 3.8) is 0 Å². The number of benzene rings is 1. The molecule has 5 nitrogen and oxygen atoms in total. The van der Waals surface area contributed by atoms with E-state index >= 15 is 0 Å². The van der Waals surface area contributed by atoms with E-state index in [4.69, 9.17) is 14.5 Å². The summed E-state index contributed by atoms with van der Waals surface area (Å²) in [6, 6.07) is 8.60. The smallest absolute Gasteiger partial charge is 0.198 e. The standard InChI is InChI=1S/C19H29N3O2/c1-2-20-19(22-11-8-17-6-3-4-7-18(17)22)21-10-5-12-23-14-16-9-13-24-15-16/h3-4,6-7,16H,2,5,8-15H2,1H3,(H,20,21). The highest BCUT2D eigenvalue weighted by Gasteiger charge is 2.22. The molecule has 0 spiro atoms. The summed E-state index contributed by atoms with van der Waals surface area (Å²) < 4.78 is 11.1. The van der Waals surface area contributed by atoms with Crippen molar-refractivity contribution in [3.8, 4) is 0 Å².